The predicted molar refractivity (Wildman–Crippen MR) is 114 cm³/mol. The van der Waals surface area contributed by atoms with Crippen LogP contribution in [0, 0.1) is 0 Å². The summed E-state index contributed by atoms with van der Waals surface area (Å²) in [6.45, 7) is 1.72. The third kappa shape index (κ3) is 3.92. The highest BCUT2D eigenvalue weighted by Gasteiger charge is 2.16. The van der Waals surface area contributed by atoms with E-state index in [4.69, 9.17) is 4.74 Å². The molecule has 0 saturated heterocycles. The number of ether oxygens (including phenoxy) is 1. The lowest BCUT2D eigenvalue weighted by Crippen LogP contribution is -2.30. The van der Waals surface area contributed by atoms with Crippen molar-refractivity contribution in [2.75, 3.05) is 5.32 Å². The molecule has 1 atom stereocenters. The van der Waals surface area contributed by atoms with E-state index in [1.807, 2.05) is 72.8 Å². The fourth-order valence-corrected chi connectivity index (χ4v) is 3.21. The number of hydrogen-bond acceptors (Lipinski definition) is 3. The minimum atomic E-state index is -0.631. The van der Waals surface area contributed by atoms with Gasteiger partial charge in [-0.1, -0.05) is 24.3 Å². The first kappa shape index (κ1) is 18.3. The number of rotatable bonds is 5. The Hall–Kier alpha value is -3.12. The van der Waals surface area contributed by atoms with Gasteiger partial charge in [-0.15, -0.1) is 0 Å². The number of anilines is 1. The number of benzene rings is 3. The van der Waals surface area contributed by atoms with Gasteiger partial charge in [0.05, 0.1) is 15.5 Å². The van der Waals surface area contributed by atoms with Gasteiger partial charge in [-0.2, -0.15) is 0 Å². The van der Waals surface area contributed by atoms with Crippen molar-refractivity contribution in [1.29, 1.82) is 0 Å². The van der Waals surface area contributed by atoms with Gasteiger partial charge in [0.15, 0.2) is 6.10 Å². The highest BCUT2D eigenvalue weighted by Crippen LogP contribution is 2.25. The summed E-state index contributed by atoms with van der Waals surface area (Å²) < 4.78 is 6.54. The van der Waals surface area contributed by atoms with Crippen molar-refractivity contribution in [1.82, 2.24) is 9.97 Å². The maximum absolute atomic E-state index is 12.4. The lowest BCUT2D eigenvalue weighted by atomic mass is 10.2. The number of para-hydroxylation sites is 3. The quantitative estimate of drug-likeness (QED) is 0.440. The van der Waals surface area contributed by atoms with Crippen LogP contribution < -0.4 is 10.1 Å². The number of carbonyl (C=O) groups is 1. The SMILES string of the molecule is C[C@H](Oc1ccccc1Br)C(=O)Nc1ccc(-c2nc3ccccc3[nH]2)cc1. The lowest BCUT2D eigenvalue weighted by molar-refractivity contribution is -0.122. The first-order valence-electron chi connectivity index (χ1n) is 8.87. The van der Waals surface area contributed by atoms with Gasteiger partial charge in [-0.05, 0) is 71.4 Å². The Labute approximate surface area is 170 Å². The zero-order valence-corrected chi connectivity index (χ0v) is 16.7. The molecule has 0 saturated carbocycles. The van der Waals surface area contributed by atoms with Gasteiger partial charge in [-0.25, -0.2) is 4.98 Å². The molecule has 1 amide bonds. The molecule has 0 fully saturated rings. The van der Waals surface area contributed by atoms with Crippen molar-refractivity contribution in [3.8, 4) is 17.1 Å². The second-order valence-electron chi connectivity index (χ2n) is 6.36. The molecule has 0 radical (unpaired) electrons. The first-order valence-corrected chi connectivity index (χ1v) is 9.67. The molecule has 1 aromatic heterocycles. The maximum Gasteiger partial charge on any atom is 0.265 e. The fourth-order valence-electron chi connectivity index (χ4n) is 2.83. The summed E-state index contributed by atoms with van der Waals surface area (Å²) in [5, 5.41) is 2.88. The van der Waals surface area contributed by atoms with Crippen LogP contribution in [0.5, 0.6) is 5.75 Å². The minimum Gasteiger partial charge on any atom is -0.480 e. The van der Waals surface area contributed by atoms with Crippen molar-refractivity contribution < 1.29 is 9.53 Å². The van der Waals surface area contributed by atoms with Crippen LogP contribution in [0.15, 0.2) is 77.3 Å². The minimum absolute atomic E-state index is 0.216. The van der Waals surface area contributed by atoms with E-state index in [2.05, 4.69) is 31.2 Å². The zero-order valence-electron chi connectivity index (χ0n) is 15.1. The number of nitrogens with zero attached hydrogens (tertiary/aromatic N) is 1. The normalized spacial score (nSPS) is 11.9. The van der Waals surface area contributed by atoms with Crippen molar-refractivity contribution in [3.63, 3.8) is 0 Å². The average molecular weight is 436 g/mol. The molecule has 5 nitrogen and oxygen atoms in total. The molecule has 0 spiro atoms. The van der Waals surface area contributed by atoms with Gasteiger partial charge >= 0.3 is 0 Å². The monoisotopic (exact) mass is 435 g/mol. The molecule has 3 aromatic carbocycles. The molecule has 6 heteroatoms. The molecule has 0 aliphatic heterocycles. The Morgan fingerprint density at radius 2 is 1.75 bits per heavy atom. The number of aromatic nitrogens is 2. The van der Waals surface area contributed by atoms with Crippen LogP contribution in [-0.2, 0) is 4.79 Å². The first-order chi connectivity index (χ1) is 13.6. The lowest BCUT2D eigenvalue weighted by Gasteiger charge is -2.15. The van der Waals surface area contributed by atoms with Gasteiger partial charge < -0.3 is 15.0 Å². The second-order valence-corrected chi connectivity index (χ2v) is 7.21. The smallest absolute Gasteiger partial charge is 0.265 e. The van der Waals surface area contributed by atoms with Gasteiger partial charge in [0.25, 0.3) is 5.91 Å². The molecule has 28 heavy (non-hydrogen) atoms. The van der Waals surface area contributed by atoms with Crippen LogP contribution in [0.25, 0.3) is 22.4 Å². The topological polar surface area (TPSA) is 67.0 Å². The summed E-state index contributed by atoms with van der Waals surface area (Å²) in [7, 11) is 0. The van der Waals surface area contributed by atoms with Crippen LogP contribution >= 0.6 is 15.9 Å². The Bertz CT molecular complexity index is 1090. The third-order valence-corrected chi connectivity index (χ3v) is 4.98. The average Bonchev–Trinajstić information content (AvgIpc) is 3.14. The van der Waals surface area contributed by atoms with Gasteiger partial charge in [0.2, 0.25) is 0 Å². The number of hydrogen-bond donors (Lipinski definition) is 2. The predicted octanol–water partition coefficient (Wildman–Crippen LogP) is 5.40. The number of nitrogens with one attached hydrogen (secondary N) is 2. The highest BCUT2D eigenvalue weighted by molar-refractivity contribution is 9.10. The number of fused-ring (bicyclic) bond motifs is 1. The Kier molecular flexibility index (Phi) is 5.12. The van der Waals surface area contributed by atoms with E-state index in [1.165, 1.54) is 0 Å². The number of H-pyrrole nitrogens is 1. The van der Waals surface area contributed by atoms with Crippen LogP contribution in [0.2, 0.25) is 0 Å². The van der Waals surface area contributed by atoms with E-state index in [9.17, 15) is 4.79 Å². The standard InChI is InChI=1S/C22H18BrN3O2/c1-14(28-20-9-5-2-6-17(20)23)22(27)24-16-12-10-15(11-13-16)21-25-18-7-3-4-8-19(18)26-21/h2-14H,1H3,(H,24,27)(H,25,26)/t14-/m0/s1. The maximum atomic E-state index is 12.4. The van der Waals surface area contributed by atoms with E-state index in [1.54, 1.807) is 6.92 Å². The van der Waals surface area contributed by atoms with Crippen molar-refractivity contribution in [2.45, 2.75) is 13.0 Å². The molecule has 1 heterocycles. The molecule has 140 valence electrons. The molecule has 0 unspecified atom stereocenters. The molecular formula is C22H18BrN3O2. The molecule has 0 aliphatic rings. The van der Waals surface area contributed by atoms with Crippen molar-refractivity contribution in [2.24, 2.45) is 0 Å². The van der Waals surface area contributed by atoms with Crippen LogP contribution in [0.4, 0.5) is 5.69 Å². The number of aromatic amines is 1. The van der Waals surface area contributed by atoms with Crippen LogP contribution in [0.3, 0.4) is 0 Å². The molecular weight excluding hydrogens is 418 g/mol. The summed E-state index contributed by atoms with van der Waals surface area (Å²) in [6.07, 6.45) is -0.631. The molecule has 4 rings (SSSR count). The van der Waals surface area contributed by atoms with Gasteiger partial charge in [-0.3, -0.25) is 4.79 Å². The zero-order chi connectivity index (χ0) is 19.5. The second kappa shape index (κ2) is 7.86. The molecule has 0 bridgehead atoms. The van der Waals surface area contributed by atoms with E-state index >= 15 is 0 Å². The number of carbonyl (C=O) groups excluding carboxylic acids is 1. The number of amides is 1. The summed E-state index contributed by atoms with van der Waals surface area (Å²) in [5.74, 6) is 1.21. The summed E-state index contributed by atoms with van der Waals surface area (Å²) in [5.41, 5.74) is 3.57. The largest absolute Gasteiger partial charge is 0.480 e. The molecule has 0 aliphatic carbocycles. The van der Waals surface area contributed by atoms with Gasteiger partial charge in [0, 0.05) is 11.3 Å². The van der Waals surface area contributed by atoms with E-state index in [-0.39, 0.29) is 5.91 Å². The number of imidazole rings is 1. The third-order valence-electron chi connectivity index (χ3n) is 4.32. The van der Waals surface area contributed by atoms with E-state index in [0.717, 1.165) is 26.9 Å². The van der Waals surface area contributed by atoms with Crippen molar-refractivity contribution in [3.05, 3.63) is 77.3 Å². The Balaban J connectivity index is 1.43. The Morgan fingerprint density at radius 3 is 2.50 bits per heavy atom. The highest BCUT2D eigenvalue weighted by atomic mass is 79.9. The van der Waals surface area contributed by atoms with Crippen LogP contribution in [0.1, 0.15) is 6.92 Å². The van der Waals surface area contributed by atoms with E-state index < -0.39 is 6.10 Å². The molecule has 4 aromatic rings. The fraction of sp³-hybridized carbons (Fsp3) is 0.0909. The van der Waals surface area contributed by atoms with Crippen LogP contribution in [-0.4, -0.2) is 22.0 Å². The summed E-state index contributed by atoms with van der Waals surface area (Å²) >= 11 is 3.42. The Morgan fingerprint density at radius 1 is 1.04 bits per heavy atom. The van der Waals surface area contributed by atoms with Gasteiger partial charge in [0.1, 0.15) is 11.6 Å². The number of halogens is 1. The summed E-state index contributed by atoms with van der Waals surface area (Å²) in [4.78, 5) is 20.3. The molecule has 2 N–H and O–H groups in total. The van der Waals surface area contributed by atoms with Crippen molar-refractivity contribution >= 4 is 38.6 Å². The summed E-state index contributed by atoms with van der Waals surface area (Å²) in [6, 6.07) is 22.9. The van der Waals surface area contributed by atoms with E-state index in [0.29, 0.717) is 11.4 Å².